The van der Waals surface area contributed by atoms with E-state index in [-0.39, 0.29) is 5.56 Å². The van der Waals surface area contributed by atoms with Crippen LogP contribution >= 0.6 is 0 Å². The molecule has 0 atom stereocenters. The third-order valence-corrected chi connectivity index (χ3v) is 5.05. The molecule has 1 saturated heterocycles. The predicted molar refractivity (Wildman–Crippen MR) is 108 cm³/mol. The van der Waals surface area contributed by atoms with Gasteiger partial charge < -0.3 is 15.0 Å². The molecule has 9 heteroatoms. The fourth-order valence-electron chi connectivity index (χ4n) is 3.61. The lowest BCUT2D eigenvalue weighted by atomic mass is 10.2. The number of hydrogen-bond donors (Lipinski definition) is 1. The topological polar surface area (TPSA) is 86.3 Å². The minimum atomic E-state index is -0.396. The molecule has 1 aromatic carbocycles. The quantitative estimate of drug-likeness (QED) is 0.693. The first-order valence-corrected chi connectivity index (χ1v) is 9.41. The fraction of sp³-hybridized carbons (Fsp3) is 0.421. The van der Waals surface area contributed by atoms with E-state index in [0.717, 1.165) is 36.4 Å². The van der Waals surface area contributed by atoms with Crippen molar-refractivity contribution < 1.29 is 4.74 Å². The van der Waals surface area contributed by atoms with Crippen molar-refractivity contribution in [3.05, 3.63) is 45.1 Å². The van der Waals surface area contributed by atoms with Gasteiger partial charge in [-0.1, -0.05) is 12.1 Å². The summed E-state index contributed by atoms with van der Waals surface area (Å²) in [6.45, 7) is 5.59. The lowest BCUT2D eigenvalue weighted by Crippen LogP contribution is -2.44. The normalized spacial score (nSPS) is 14.6. The van der Waals surface area contributed by atoms with E-state index in [4.69, 9.17) is 9.72 Å². The third kappa shape index (κ3) is 2.78. The number of fused-ring (bicyclic) bond motifs is 1. The number of para-hydroxylation sites is 2. The molecule has 4 rings (SSSR count). The molecular formula is C19H24N6O3. The molecule has 1 aliphatic heterocycles. The Morgan fingerprint density at radius 3 is 2.54 bits per heavy atom. The van der Waals surface area contributed by atoms with Crippen molar-refractivity contribution in [3.63, 3.8) is 0 Å². The van der Waals surface area contributed by atoms with Gasteiger partial charge in [0.1, 0.15) is 5.75 Å². The van der Waals surface area contributed by atoms with Crippen LogP contribution in [0.1, 0.15) is 6.92 Å². The Morgan fingerprint density at radius 1 is 1.11 bits per heavy atom. The molecule has 0 bridgehead atoms. The average Bonchev–Trinajstić information content (AvgIpc) is 3.12. The van der Waals surface area contributed by atoms with E-state index in [9.17, 15) is 9.59 Å². The summed E-state index contributed by atoms with van der Waals surface area (Å²) in [5.74, 6) is 1.30. The first kappa shape index (κ1) is 18.3. The summed E-state index contributed by atoms with van der Waals surface area (Å²) in [5, 5.41) is 3.33. The van der Waals surface area contributed by atoms with E-state index in [0.29, 0.717) is 29.5 Å². The largest absolute Gasteiger partial charge is 0.492 e. The summed E-state index contributed by atoms with van der Waals surface area (Å²) in [7, 11) is 3.12. The number of aryl methyl sites for hydroxylation is 1. The van der Waals surface area contributed by atoms with Gasteiger partial charge in [-0.2, -0.15) is 4.98 Å². The van der Waals surface area contributed by atoms with Crippen LogP contribution < -0.4 is 26.2 Å². The Morgan fingerprint density at radius 2 is 1.82 bits per heavy atom. The number of nitrogens with zero attached hydrogens (tertiary/aromatic N) is 5. The number of piperazine rings is 1. The zero-order valence-corrected chi connectivity index (χ0v) is 16.3. The van der Waals surface area contributed by atoms with E-state index >= 15 is 0 Å². The fourth-order valence-corrected chi connectivity index (χ4v) is 3.61. The summed E-state index contributed by atoms with van der Waals surface area (Å²) in [6.07, 6.45) is 0. The molecule has 3 heterocycles. The number of nitrogens with one attached hydrogen (secondary N) is 1. The minimum absolute atomic E-state index is 0.366. The monoisotopic (exact) mass is 384 g/mol. The Balaban J connectivity index is 2.11. The molecule has 28 heavy (non-hydrogen) atoms. The summed E-state index contributed by atoms with van der Waals surface area (Å²) in [5.41, 5.74) is 0.694. The first-order chi connectivity index (χ1) is 13.5. The SMILES string of the molecule is CCOc1ccccc1-n1c(N2CCNCC2)nc2c1c(=O)n(C)c(=O)n2C. The lowest BCUT2D eigenvalue weighted by Gasteiger charge is -2.29. The van der Waals surface area contributed by atoms with Crippen LogP contribution in [0.25, 0.3) is 16.9 Å². The van der Waals surface area contributed by atoms with Crippen LogP contribution in [0.3, 0.4) is 0 Å². The number of benzene rings is 1. The van der Waals surface area contributed by atoms with Crippen molar-refractivity contribution in [2.45, 2.75) is 6.92 Å². The van der Waals surface area contributed by atoms with E-state index in [2.05, 4.69) is 10.2 Å². The highest BCUT2D eigenvalue weighted by atomic mass is 16.5. The molecule has 3 aromatic rings. The molecule has 1 aliphatic rings. The van der Waals surface area contributed by atoms with E-state index < -0.39 is 5.69 Å². The molecule has 148 valence electrons. The van der Waals surface area contributed by atoms with Crippen LogP contribution in [0.2, 0.25) is 0 Å². The van der Waals surface area contributed by atoms with Gasteiger partial charge >= 0.3 is 5.69 Å². The van der Waals surface area contributed by atoms with Crippen LogP contribution in [-0.2, 0) is 14.1 Å². The maximum Gasteiger partial charge on any atom is 0.332 e. The van der Waals surface area contributed by atoms with Crippen molar-refractivity contribution in [1.29, 1.82) is 0 Å². The van der Waals surface area contributed by atoms with E-state index in [1.807, 2.05) is 35.8 Å². The Bertz CT molecular complexity index is 1140. The van der Waals surface area contributed by atoms with Crippen molar-refractivity contribution >= 4 is 17.1 Å². The molecule has 1 fully saturated rings. The molecule has 0 radical (unpaired) electrons. The second-order valence-corrected chi connectivity index (χ2v) is 6.76. The van der Waals surface area contributed by atoms with Crippen molar-refractivity contribution in [1.82, 2.24) is 24.0 Å². The van der Waals surface area contributed by atoms with Crippen molar-refractivity contribution in [3.8, 4) is 11.4 Å². The first-order valence-electron chi connectivity index (χ1n) is 9.41. The van der Waals surface area contributed by atoms with Gasteiger partial charge in [0.25, 0.3) is 5.56 Å². The van der Waals surface area contributed by atoms with Gasteiger partial charge in [0.2, 0.25) is 5.95 Å². The molecule has 2 aromatic heterocycles. The van der Waals surface area contributed by atoms with Gasteiger partial charge in [-0.15, -0.1) is 0 Å². The second kappa shape index (κ2) is 7.16. The Kier molecular flexibility index (Phi) is 4.68. The van der Waals surface area contributed by atoms with Gasteiger partial charge in [0.15, 0.2) is 11.2 Å². The highest BCUT2D eigenvalue weighted by Gasteiger charge is 2.26. The number of rotatable bonds is 4. The highest BCUT2D eigenvalue weighted by molar-refractivity contribution is 5.79. The lowest BCUT2D eigenvalue weighted by molar-refractivity contribution is 0.339. The second-order valence-electron chi connectivity index (χ2n) is 6.76. The molecule has 0 saturated carbocycles. The summed E-state index contributed by atoms with van der Waals surface area (Å²) < 4.78 is 10.2. The summed E-state index contributed by atoms with van der Waals surface area (Å²) in [6, 6.07) is 7.57. The molecule has 1 N–H and O–H groups in total. The molecule has 0 spiro atoms. The van der Waals surface area contributed by atoms with Gasteiger partial charge in [0.05, 0.1) is 12.3 Å². The standard InChI is InChI=1S/C19H24N6O3/c1-4-28-14-8-6-5-7-13(14)25-15-16(22(2)19(27)23(3)17(15)26)21-18(25)24-11-9-20-10-12-24/h5-8,20H,4,9-12H2,1-3H3. The van der Waals surface area contributed by atoms with Gasteiger partial charge in [0, 0.05) is 40.3 Å². The predicted octanol–water partition coefficient (Wildman–Crippen LogP) is 0.231. The smallest absolute Gasteiger partial charge is 0.332 e. The number of anilines is 1. The zero-order chi connectivity index (χ0) is 19.8. The van der Waals surface area contributed by atoms with Crippen molar-refractivity contribution in [2.24, 2.45) is 14.1 Å². The molecule has 0 aliphatic carbocycles. The summed E-state index contributed by atoms with van der Waals surface area (Å²) >= 11 is 0. The molecule has 0 amide bonds. The minimum Gasteiger partial charge on any atom is -0.492 e. The van der Waals surface area contributed by atoms with Crippen LogP contribution in [0.4, 0.5) is 5.95 Å². The van der Waals surface area contributed by atoms with E-state index in [1.54, 1.807) is 7.05 Å². The Labute approximate surface area is 161 Å². The zero-order valence-electron chi connectivity index (χ0n) is 16.3. The average molecular weight is 384 g/mol. The van der Waals surface area contributed by atoms with Gasteiger partial charge in [-0.3, -0.25) is 18.5 Å². The highest BCUT2D eigenvalue weighted by Crippen LogP contribution is 2.30. The Hall–Kier alpha value is -3.07. The maximum absolute atomic E-state index is 13.1. The van der Waals surface area contributed by atoms with Crippen LogP contribution in [-0.4, -0.2) is 51.5 Å². The molecule has 0 unspecified atom stereocenters. The summed E-state index contributed by atoms with van der Waals surface area (Å²) in [4.78, 5) is 32.4. The van der Waals surface area contributed by atoms with Gasteiger partial charge in [-0.05, 0) is 19.1 Å². The maximum atomic E-state index is 13.1. The number of aromatic nitrogens is 4. The number of ether oxygens (including phenoxy) is 1. The van der Waals surface area contributed by atoms with E-state index in [1.165, 1.54) is 11.6 Å². The number of imidazole rings is 1. The van der Waals surface area contributed by atoms with Crippen LogP contribution in [0.5, 0.6) is 5.75 Å². The molecule has 9 nitrogen and oxygen atoms in total. The third-order valence-electron chi connectivity index (χ3n) is 5.05. The van der Waals surface area contributed by atoms with Gasteiger partial charge in [-0.25, -0.2) is 4.79 Å². The molecular weight excluding hydrogens is 360 g/mol. The van der Waals surface area contributed by atoms with Crippen molar-refractivity contribution in [2.75, 3.05) is 37.7 Å². The number of hydrogen-bond acceptors (Lipinski definition) is 6. The van der Waals surface area contributed by atoms with Crippen LogP contribution in [0, 0.1) is 0 Å². The van der Waals surface area contributed by atoms with Crippen LogP contribution in [0.15, 0.2) is 33.9 Å².